The maximum Gasteiger partial charge on any atom is 0.241 e. The Balaban J connectivity index is 4.19. The van der Waals surface area contributed by atoms with Gasteiger partial charge in [0.15, 0.2) is 0 Å². The van der Waals surface area contributed by atoms with E-state index in [9.17, 15) is 4.79 Å². The van der Waals surface area contributed by atoms with Crippen LogP contribution in [0.2, 0.25) is 0 Å². The van der Waals surface area contributed by atoms with E-state index in [1.807, 2.05) is 6.92 Å². The zero-order valence-electron chi connectivity index (χ0n) is 8.92. The van der Waals surface area contributed by atoms with Crippen molar-refractivity contribution in [2.24, 2.45) is 11.7 Å². The van der Waals surface area contributed by atoms with Gasteiger partial charge < -0.3 is 5.73 Å². The van der Waals surface area contributed by atoms with Crippen LogP contribution < -0.4 is 5.73 Å². The Hall–Kier alpha value is -1.05. The number of hydrogen-bond acceptors (Lipinski definition) is 1. The van der Waals surface area contributed by atoms with Crippen molar-refractivity contribution < 1.29 is 4.79 Å². The van der Waals surface area contributed by atoms with E-state index >= 15 is 0 Å². The molecule has 74 valence electrons. The highest BCUT2D eigenvalue weighted by molar-refractivity contribution is 5.86. The van der Waals surface area contributed by atoms with Crippen molar-refractivity contribution in [1.29, 1.82) is 0 Å². The van der Waals surface area contributed by atoms with E-state index in [4.69, 9.17) is 5.73 Å². The summed E-state index contributed by atoms with van der Waals surface area (Å²) < 4.78 is 0. The molecule has 0 saturated heterocycles. The lowest BCUT2D eigenvalue weighted by atomic mass is 9.97. The summed E-state index contributed by atoms with van der Waals surface area (Å²) in [7, 11) is 0. The molecule has 0 bridgehead atoms. The quantitative estimate of drug-likeness (QED) is 0.525. The molecule has 0 rings (SSSR count). The van der Waals surface area contributed by atoms with Gasteiger partial charge in [-0.3, -0.25) is 4.79 Å². The highest BCUT2D eigenvalue weighted by Crippen LogP contribution is 2.14. The van der Waals surface area contributed by atoms with E-state index in [-0.39, 0.29) is 5.91 Å². The molecular formula is C11H19NO. The Kier molecular flexibility index (Phi) is 5.12. The average Bonchev–Trinajstić information content (AvgIpc) is 1.98. The highest BCUT2D eigenvalue weighted by Gasteiger charge is 2.02. The van der Waals surface area contributed by atoms with Crippen molar-refractivity contribution in [1.82, 2.24) is 0 Å². The Morgan fingerprint density at radius 1 is 1.38 bits per heavy atom. The lowest BCUT2D eigenvalue weighted by Gasteiger charge is -2.08. The first-order valence-electron chi connectivity index (χ1n) is 4.54. The molecule has 1 atom stereocenters. The number of carbonyl (C=O) groups excluding carboxylic acids is 1. The van der Waals surface area contributed by atoms with E-state index in [1.165, 1.54) is 11.6 Å². The largest absolute Gasteiger partial charge is 0.366 e. The summed E-state index contributed by atoms with van der Waals surface area (Å²) in [5.74, 6) is 0.0314. The number of amides is 1. The smallest absolute Gasteiger partial charge is 0.241 e. The SMILES string of the molecule is CC(C)=CCC(C)/C(C)=C\C(N)=O. The Morgan fingerprint density at radius 3 is 2.31 bits per heavy atom. The molecule has 0 spiro atoms. The second kappa shape index (κ2) is 5.57. The van der Waals surface area contributed by atoms with Gasteiger partial charge in [0.2, 0.25) is 5.91 Å². The first-order chi connectivity index (χ1) is 5.93. The van der Waals surface area contributed by atoms with Crippen LogP contribution in [0.25, 0.3) is 0 Å². The van der Waals surface area contributed by atoms with Gasteiger partial charge in [-0.25, -0.2) is 0 Å². The van der Waals surface area contributed by atoms with Crippen LogP contribution in [0.5, 0.6) is 0 Å². The standard InChI is InChI=1S/C11H19NO/c1-8(2)5-6-9(3)10(4)7-11(12)13/h5,7,9H,6H2,1-4H3,(H2,12,13)/b10-7-. The molecule has 0 radical (unpaired) electrons. The predicted molar refractivity (Wildman–Crippen MR) is 56.2 cm³/mol. The maximum absolute atomic E-state index is 10.6. The fraction of sp³-hybridized carbons (Fsp3) is 0.545. The second-order valence-electron chi connectivity index (χ2n) is 3.71. The minimum Gasteiger partial charge on any atom is -0.366 e. The molecule has 0 aromatic heterocycles. The monoisotopic (exact) mass is 181 g/mol. The van der Waals surface area contributed by atoms with Crippen LogP contribution in [0.1, 0.15) is 34.1 Å². The van der Waals surface area contributed by atoms with Crippen LogP contribution in [-0.2, 0) is 4.79 Å². The van der Waals surface area contributed by atoms with Crippen molar-refractivity contribution in [3.05, 3.63) is 23.3 Å². The van der Waals surface area contributed by atoms with Crippen LogP contribution in [0.4, 0.5) is 0 Å². The molecule has 1 unspecified atom stereocenters. The summed E-state index contributed by atoms with van der Waals surface area (Å²) in [6, 6.07) is 0. The van der Waals surface area contributed by atoms with E-state index in [2.05, 4.69) is 26.8 Å². The maximum atomic E-state index is 10.6. The molecule has 0 aromatic carbocycles. The molecule has 0 aliphatic heterocycles. The number of rotatable bonds is 4. The molecule has 0 fully saturated rings. The van der Waals surface area contributed by atoms with Gasteiger partial charge in [-0.1, -0.05) is 24.1 Å². The van der Waals surface area contributed by atoms with Crippen LogP contribution in [0, 0.1) is 5.92 Å². The number of allylic oxidation sites excluding steroid dienone is 3. The van der Waals surface area contributed by atoms with Gasteiger partial charge in [0.1, 0.15) is 0 Å². The molecule has 2 nitrogen and oxygen atoms in total. The molecule has 13 heavy (non-hydrogen) atoms. The lowest BCUT2D eigenvalue weighted by molar-refractivity contribution is -0.113. The van der Waals surface area contributed by atoms with Gasteiger partial charge in [0, 0.05) is 6.08 Å². The first kappa shape index (κ1) is 11.9. The van der Waals surface area contributed by atoms with Crippen LogP contribution in [0.3, 0.4) is 0 Å². The van der Waals surface area contributed by atoms with Crippen molar-refractivity contribution in [2.45, 2.75) is 34.1 Å². The van der Waals surface area contributed by atoms with Crippen molar-refractivity contribution in [3.63, 3.8) is 0 Å². The summed E-state index contributed by atoms with van der Waals surface area (Å²) in [5.41, 5.74) is 7.41. The van der Waals surface area contributed by atoms with Crippen LogP contribution in [-0.4, -0.2) is 5.91 Å². The number of carbonyl (C=O) groups is 1. The van der Waals surface area contributed by atoms with Crippen LogP contribution >= 0.6 is 0 Å². The molecule has 0 saturated carbocycles. The number of nitrogens with two attached hydrogens (primary N) is 1. The highest BCUT2D eigenvalue weighted by atomic mass is 16.1. The topological polar surface area (TPSA) is 43.1 Å². The third-order valence-electron chi connectivity index (χ3n) is 2.03. The molecule has 1 amide bonds. The van der Waals surface area contributed by atoms with E-state index in [1.54, 1.807) is 0 Å². The average molecular weight is 181 g/mol. The first-order valence-corrected chi connectivity index (χ1v) is 4.54. The minimum atomic E-state index is -0.360. The fourth-order valence-corrected chi connectivity index (χ4v) is 0.965. The predicted octanol–water partition coefficient (Wildman–Crippen LogP) is 2.41. The lowest BCUT2D eigenvalue weighted by Crippen LogP contribution is -2.08. The van der Waals surface area contributed by atoms with E-state index < -0.39 is 0 Å². The number of hydrogen-bond donors (Lipinski definition) is 1. The summed E-state index contributed by atoms with van der Waals surface area (Å²) in [4.78, 5) is 10.6. The molecule has 0 aliphatic carbocycles. The molecule has 2 N–H and O–H groups in total. The van der Waals surface area contributed by atoms with Gasteiger partial charge in [0.05, 0.1) is 0 Å². The Labute approximate surface area is 80.5 Å². The minimum absolute atomic E-state index is 0.360. The zero-order valence-corrected chi connectivity index (χ0v) is 8.92. The summed E-state index contributed by atoms with van der Waals surface area (Å²) in [6.07, 6.45) is 4.64. The van der Waals surface area contributed by atoms with Gasteiger partial charge in [-0.15, -0.1) is 0 Å². The van der Waals surface area contributed by atoms with Crippen molar-refractivity contribution >= 4 is 5.91 Å². The fourth-order valence-electron chi connectivity index (χ4n) is 0.965. The van der Waals surface area contributed by atoms with Crippen molar-refractivity contribution in [3.8, 4) is 0 Å². The Bertz CT molecular complexity index is 234. The van der Waals surface area contributed by atoms with Crippen LogP contribution in [0.15, 0.2) is 23.3 Å². The van der Waals surface area contributed by atoms with Gasteiger partial charge >= 0.3 is 0 Å². The van der Waals surface area contributed by atoms with Gasteiger partial charge in [-0.05, 0) is 33.1 Å². The molecule has 0 heterocycles. The summed E-state index contributed by atoms with van der Waals surface area (Å²) in [6.45, 7) is 8.17. The number of primary amides is 1. The molecular weight excluding hydrogens is 162 g/mol. The molecule has 0 aromatic rings. The third kappa shape index (κ3) is 6.14. The third-order valence-corrected chi connectivity index (χ3v) is 2.03. The Morgan fingerprint density at radius 2 is 1.92 bits per heavy atom. The van der Waals surface area contributed by atoms with Crippen molar-refractivity contribution in [2.75, 3.05) is 0 Å². The molecule has 2 heteroatoms. The van der Waals surface area contributed by atoms with Gasteiger partial charge in [0.25, 0.3) is 0 Å². The second-order valence-corrected chi connectivity index (χ2v) is 3.71. The summed E-state index contributed by atoms with van der Waals surface area (Å²) in [5, 5.41) is 0. The normalized spacial score (nSPS) is 13.7. The van der Waals surface area contributed by atoms with Gasteiger partial charge in [-0.2, -0.15) is 0 Å². The summed E-state index contributed by atoms with van der Waals surface area (Å²) >= 11 is 0. The zero-order chi connectivity index (χ0) is 10.4. The molecule has 0 aliphatic rings. The van der Waals surface area contributed by atoms with E-state index in [0.717, 1.165) is 12.0 Å². The van der Waals surface area contributed by atoms with E-state index in [0.29, 0.717) is 5.92 Å².